The Hall–Kier alpha value is -0.860. The van der Waals surface area contributed by atoms with Crippen LogP contribution >= 0.6 is 0 Å². The topological polar surface area (TPSA) is 15.0 Å². The van der Waals surface area contributed by atoms with Gasteiger partial charge >= 0.3 is 0 Å². The first-order valence-corrected chi connectivity index (χ1v) is 5.27. The molecule has 3 rings (SSSR count). The highest BCUT2D eigenvalue weighted by Crippen LogP contribution is 2.45. The van der Waals surface area contributed by atoms with E-state index >= 15 is 0 Å². The Morgan fingerprint density at radius 2 is 2.07 bits per heavy atom. The Kier molecular flexibility index (Phi) is 1.56. The van der Waals surface area contributed by atoms with Gasteiger partial charge in [0, 0.05) is 13.1 Å². The van der Waals surface area contributed by atoms with E-state index in [2.05, 4.69) is 48.3 Å². The van der Waals surface area contributed by atoms with E-state index in [4.69, 9.17) is 0 Å². The minimum atomic E-state index is 0.338. The number of hydrogen-bond donors (Lipinski definition) is 1. The van der Waals surface area contributed by atoms with Gasteiger partial charge in [-0.25, -0.2) is 0 Å². The standard InChI is InChI=1S/C12H16N2/c1-9-3-5-10(6-4-9)8-14-11-7-13-12(11,14)2/h3-6,11,13H,7-8H2,1-2H3. The molecule has 2 heteroatoms. The molecule has 0 saturated carbocycles. The SMILES string of the molecule is Cc1ccc(CN2C3CNC32C)cc1. The van der Waals surface area contributed by atoms with Gasteiger partial charge in [0.25, 0.3) is 0 Å². The van der Waals surface area contributed by atoms with Crippen molar-refractivity contribution >= 4 is 0 Å². The Morgan fingerprint density at radius 1 is 1.43 bits per heavy atom. The summed E-state index contributed by atoms with van der Waals surface area (Å²) in [6.45, 7) is 6.68. The fraction of sp³-hybridized carbons (Fsp3) is 0.500. The van der Waals surface area contributed by atoms with Crippen molar-refractivity contribution in [3.05, 3.63) is 35.4 Å². The van der Waals surface area contributed by atoms with Crippen molar-refractivity contribution < 1.29 is 0 Å². The first kappa shape index (κ1) is 8.45. The minimum Gasteiger partial charge on any atom is -0.296 e. The molecule has 0 radical (unpaired) electrons. The maximum absolute atomic E-state index is 3.47. The van der Waals surface area contributed by atoms with Crippen LogP contribution in [0.15, 0.2) is 24.3 Å². The highest BCUT2D eigenvalue weighted by atomic mass is 15.6. The van der Waals surface area contributed by atoms with E-state index in [0.29, 0.717) is 5.66 Å². The van der Waals surface area contributed by atoms with Crippen molar-refractivity contribution in [3.63, 3.8) is 0 Å². The van der Waals surface area contributed by atoms with Crippen LogP contribution in [0.25, 0.3) is 0 Å². The van der Waals surface area contributed by atoms with Gasteiger partial charge in [-0.1, -0.05) is 29.8 Å². The Balaban J connectivity index is 1.71. The van der Waals surface area contributed by atoms with Crippen LogP contribution in [0.3, 0.4) is 0 Å². The molecule has 2 aliphatic heterocycles. The average Bonchev–Trinajstić information content (AvgIpc) is 2.55. The average molecular weight is 188 g/mol. The molecule has 0 spiro atoms. The number of benzene rings is 1. The maximum atomic E-state index is 3.47. The normalized spacial score (nSPS) is 38.7. The van der Waals surface area contributed by atoms with Crippen molar-refractivity contribution in [1.29, 1.82) is 0 Å². The number of aryl methyl sites for hydroxylation is 1. The lowest BCUT2D eigenvalue weighted by molar-refractivity contribution is 0.372. The van der Waals surface area contributed by atoms with E-state index < -0.39 is 0 Å². The number of fused-ring (bicyclic) bond motifs is 1. The van der Waals surface area contributed by atoms with Crippen LogP contribution in [0.1, 0.15) is 18.1 Å². The second kappa shape index (κ2) is 2.59. The predicted molar refractivity (Wildman–Crippen MR) is 56.9 cm³/mol. The van der Waals surface area contributed by atoms with Crippen LogP contribution < -0.4 is 5.32 Å². The van der Waals surface area contributed by atoms with Gasteiger partial charge in [0.1, 0.15) is 0 Å². The molecule has 2 aliphatic rings. The summed E-state index contributed by atoms with van der Waals surface area (Å²) in [4.78, 5) is 2.53. The van der Waals surface area contributed by atoms with E-state index in [1.54, 1.807) is 0 Å². The van der Waals surface area contributed by atoms with Crippen molar-refractivity contribution in [2.45, 2.75) is 32.1 Å². The van der Waals surface area contributed by atoms with Crippen LogP contribution in [0.4, 0.5) is 0 Å². The zero-order valence-electron chi connectivity index (χ0n) is 8.75. The zero-order valence-corrected chi connectivity index (χ0v) is 8.75. The van der Waals surface area contributed by atoms with E-state index in [9.17, 15) is 0 Å². The molecule has 2 nitrogen and oxygen atoms in total. The summed E-state index contributed by atoms with van der Waals surface area (Å²) in [5, 5.41) is 3.47. The molecule has 3 unspecified atom stereocenters. The maximum Gasteiger partial charge on any atom is 0.0864 e. The lowest BCUT2D eigenvalue weighted by Gasteiger charge is -2.19. The molecule has 14 heavy (non-hydrogen) atoms. The highest BCUT2D eigenvalue weighted by Gasteiger charge is 2.65. The molecule has 0 amide bonds. The summed E-state index contributed by atoms with van der Waals surface area (Å²) in [7, 11) is 0. The second-order valence-electron chi connectivity index (χ2n) is 4.66. The molecule has 1 aromatic rings. The zero-order chi connectivity index (χ0) is 9.76. The summed E-state index contributed by atoms with van der Waals surface area (Å²) in [5.41, 5.74) is 3.10. The smallest absolute Gasteiger partial charge is 0.0864 e. The fourth-order valence-electron chi connectivity index (χ4n) is 2.39. The number of nitrogens with one attached hydrogen (secondary N) is 1. The van der Waals surface area contributed by atoms with Gasteiger partial charge in [-0.3, -0.25) is 10.2 Å². The molecule has 2 fully saturated rings. The molecule has 0 aromatic heterocycles. The summed E-state index contributed by atoms with van der Waals surface area (Å²) >= 11 is 0. The van der Waals surface area contributed by atoms with Gasteiger partial charge in [-0.05, 0) is 19.4 Å². The van der Waals surface area contributed by atoms with E-state index in [-0.39, 0.29) is 0 Å². The molecule has 0 aliphatic carbocycles. The van der Waals surface area contributed by atoms with Gasteiger partial charge in [0.05, 0.1) is 11.7 Å². The lowest BCUT2D eigenvalue weighted by Crippen LogP contribution is -2.46. The summed E-state index contributed by atoms with van der Waals surface area (Å²) < 4.78 is 0. The van der Waals surface area contributed by atoms with Crippen LogP contribution in [-0.2, 0) is 6.54 Å². The van der Waals surface area contributed by atoms with Gasteiger partial charge in [-0.2, -0.15) is 0 Å². The minimum absolute atomic E-state index is 0.338. The Labute approximate surface area is 84.9 Å². The molecule has 1 aromatic carbocycles. The van der Waals surface area contributed by atoms with E-state index in [1.165, 1.54) is 17.7 Å². The van der Waals surface area contributed by atoms with Gasteiger partial charge in [-0.15, -0.1) is 0 Å². The number of hydrogen-bond acceptors (Lipinski definition) is 2. The van der Waals surface area contributed by atoms with Crippen molar-refractivity contribution in [1.82, 2.24) is 10.2 Å². The van der Waals surface area contributed by atoms with Crippen LogP contribution in [0.5, 0.6) is 0 Å². The van der Waals surface area contributed by atoms with Crippen LogP contribution in [0.2, 0.25) is 0 Å². The van der Waals surface area contributed by atoms with Crippen molar-refractivity contribution in [2.24, 2.45) is 0 Å². The van der Waals surface area contributed by atoms with E-state index in [1.807, 2.05) is 0 Å². The third-order valence-electron chi connectivity index (χ3n) is 3.68. The van der Waals surface area contributed by atoms with Gasteiger partial charge in [0.2, 0.25) is 0 Å². The van der Waals surface area contributed by atoms with Crippen LogP contribution in [0, 0.1) is 6.92 Å². The van der Waals surface area contributed by atoms with Gasteiger partial charge in [0.15, 0.2) is 0 Å². The van der Waals surface area contributed by atoms with Crippen LogP contribution in [-0.4, -0.2) is 23.1 Å². The van der Waals surface area contributed by atoms with Crippen molar-refractivity contribution in [3.8, 4) is 0 Å². The third-order valence-corrected chi connectivity index (χ3v) is 3.68. The fourth-order valence-corrected chi connectivity index (χ4v) is 2.39. The predicted octanol–water partition coefficient (Wildman–Crippen LogP) is 1.50. The molecular weight excluding hydrogens is 172 g/mol. The molecule has 0 bridgehead atoms. The summed E-state index contributed by atoms with van der Waals surface area (Å²) in [6.07, 6.45) is 0. The highest BCUT2D eigenvalue weighted by molar-refractivity contribution is 5.27. The Bertz CT molecular complexity index is 357. The van der Waals surface area contributed by atoms with E-state index in [0.717, 1.165) is 12.6 Å². The van der Waals surface area contributed by atoms with Gasteiger partial charge < -0.3 is 0 Å². The largest absolute Gasteiger partial charge is 0.296 e. The summed E-state index contributed by atoms with van der Waals surface area (Å²) in [5.74, 6) is 0. The molecular formula is C12H16N2. The molecule has 1 N–H and O–H groups in total. The monoisotopic (exact) mass is 188 g/mol. The molecule has 2 heterocycles. The third kappa shape index (κ3) is 1.04. The molecule has 2 saturated heterocycles. The first-order chi connectivity index (χ1) is 6.70. The molecule has 74 valence electrons. The Morgan fingerprint density at radius 3 is 2.57 bits per heavy atom. The quantitative estimate of drug-likeness (QED) is 0.707. The van der Waals surface area contributed by atoms with Crippen molar-refractivity contribution in [2.75, 3.05) is 6.54 Å². The lowest BCUT2D eigenvalue weighted by atomic mass is 10.1. The first-order valence-electron chi connectivity index (χ1n) is 5.27. The second-order valence-corrected chi connectivity index (χ2v) is 4.66. The number of rotatable bonds is 2. The summed E-state index contributed by atoms with van der Waals surface area (Å²) in [6, 6.07) is 9.64. The number of nitrogens with zero attached hydrogens (tertiary/aromatic N) is 1. The molecule has 3 atom stereocenters.